The minimum absolute atomic E-state index is 0.0906. The van der Waals surface area contributed by atoms with Crippen LogP contribution in [0.3, 0.4) is 0 Å². The summed E-state index contributed by atoms with van der Waals surface area (Å²) >= 11 is 0. The molecule has 2 aliphatic rings. The van der Waals surface area contributed by atoms with Gasteiger partial charge in [-0.3, -0.25) is 9.69 Å². The summed E-state index contributed by atoms with van der Waals surface area (Å²) in [7, 11) is 0. The molecule has 0 unspecified atom stereocenters. The molecule has 1 aliphatic carbocycles. The molecule has 2 fully saturated rings. The number of nitrogens with zero attached hydrogens (tertiary/aromatic N) is 2. The van der Waals surface area contributed by atoms with Crippen molar-refractivity contribution in [3.8, 4) is 0 Å². The first kappa shape index (κ1) is 16.5. The van der Waals surface area contributed by atoms with Crippen molar-refractivity contribution in [2.45, 2.75) is 44.6 Å². The van der Waals surface area contributed by atoms with Crippen LogP contribution in [0.4, 0.5) is 0 Å². The number of rotatable bonds is 5. The molecule has 0 spiro atoms. The van der Waals surface area contributed by atoms with Gasteiger partial charge in [-0.05, 0) is 31.5 Å². The number of piperazine rings is 1. The fourth-order valence-corrected chi connectivity index (χ4v) is 4.09. The highest BCUT2D eigenvalue weighted by molar-refractivity contribution is 5.91. The van der Waals surface area contributed by atoms with Crippen LogP contribution in [0.15, 0.2) is 22.8 Å². The molecule has 0 aromatic carbocycles. The largest absolute Gasteiger partial charge is 0.459 e. The van der Waals surface area contributed by atoms with Gasteiger partial charge in [-0.25, -0.2) is 0 Å². The number of amides is 1. The van der Waals surface area contributed by atoms with E-state index in [1.165, 1.54) is 32.1 Å². The summed E-state index contributed by atoms with van der Waals surface area (Å²) in [6.07, 6.45) is 7.79. The number of likely N-dealkylation sites (N-methyl/N-ethyl adjacent to an activating group) is 1. The molecule has 1 aromatic heterocycles. The van der Waals surface area contributed by atoms with Gasteiger partial charge in [0, 0.05) is 38.3 Å². The molecule has 3 rings (SSSR count). The zero-order valence-corrected chi connectivity index (χ0v) is 14.2. The van der Waals surface area contributed by atoms with Gasteiger partial charge in [0.15, 0.2) is 5.76 Å². The molecule has 5 heteroatoms. The molecular formula is C18H29N3O2. The van der Waals surface area contributed by atoms with Crippen molar-refractivity contribution in [2.24, 2.45) is 0 Å². The summed E-state index contributed by atoms with van der Waals surface area (Å²) < 4.78 is 5.21. The van der Waals surface area contributed by atoms with Crippen LogP contribution in [0, 0.1) is 0 Å². The van der Waals surface area contributed by atoms with Crippen LogP contribution in [0.5, 0.6) is 0 Å². The zero-order chi connectivity index (χ0) is 16.1. The molecule has 1 aliphatic heterocycles. The minimum Gasteiger partial charge on any atom is -0.459 e. The summed E-state index contributed by atoms with van der Waals surface area (Å²) in [5.74, 6) is 0.318. The maximum atomic E-state index is 12.2. The number of hydrogen-bond donors (Lipinski definition) is 1. The molecule has 1 amide bonds. The van der Waals surface area contributed by atoms with Crippen LogP contribution in [-0.4, -0.2) is 60.5 Å². The normalized spacial score (nSPS) is 22.8. The standard InChI is InChI=1S/C18H29N3O2/c1-2-20-10-12-21(13-11-20)18(8-4-3-5-9-18)15-19-17(22)16-7-6-14-23-16/h6-7,14H,2-5,8-13,15H2,1H3,(H,19,22). The maximum Gasteiger partial charge on any atom is 0.287 e. The predicted molar refractivity (Wildman–Crippen MR) is 90.5 cm³/mol. The summed E-state index contributed by atoms with van der Waals surface area (Å²) in [5, 5.41) is 3.13. The molecule has 1 saturated heterocycles. The van der Waals surface area contributed by atoms with Gasteiger partial charge in [-0.2, -0.15) is 0 Å². The van der Waals surface area contributed by atoms with Crippen molar-refractivity contribution in [1.29, 1.82) is 0 Å². The molecule has 1 aromatic rings. The van der Waals surface area contributed by atoms with Gasteiger partial charge < -0.3 is 14.6 Å². The molecule has 0 radical (unpaired) electrons. The van der Waals surface area contributed by atoms with Crippen molar-refractivity contribution < 1.29 is 9.21 Å². The van der Waals surface area contributed by atoms with E-state index in [1.807, 2.05) is 0 Å². The topological polar surface area (TPSA) is 48.7 Å². The van der Waals surface area contributed by atoms with Crippen LogP contribution >= 0.6 is 0 Å². The Morgan fingerprint density at radius 2 is 1.96 bits per heavy atom. The smallest absolute Gasteiger partial charge is 0.287 e. The van der Waals surface area contributed by atoms with E-state index in [-0.39, 0.29) is 11.4 Å². The first-order valence-corrected chi connectivity index (χ1v) is 9.03. The first-order valence-electron chi connectivity index (χ1n) is 9.03. The second-order valence-electron chi connectivity index (χ2n) is 6.87. The Labute approximate surface area is 139 Å². The second kappa shape index (κ2) is 7.49. The molecule has 0 bridgehead atoms. The Hall–Kier alpha value is -1.33. The molecule has 5 nitrogen and oxygen atoms in total. The third-order valence-corrected chi connectivity index (χ3v) is 5.60. The van der Waals surface area contributed by atoms with E-state index in [0.29, 0.717) is 5.76 Å². The van der Waals surface area contributed by atoms with Crippen LogP contribution in [0.1, 0.15) is 49.6 Å². The third kappa shape index (κ3) is 3.78. The first-order chi connectivity index (χ1) is 11.2. The molecule has 2 heterocycles. The SMILES string of the molecule is CCN1CCN(C2(CNC(=O)c3ccco3)CCCCC2)CC1. The van der Waals surface area contributed by atoms with Crippen molar-refractivity contribution in [1.82, 2.24) is 15.1 Å². The van der Waals surface area contributed by atoms with Crippen molar-refractivity contribution in [2.75, 3.05) is 39.3 Å². The molecule has 23 heavy (non-hydrogen) atoms. The number of nitrogens with one attached hydrogen (secondary N) is 1. The zero-order valence-electron chi connectivity index (χ0n) is 14.2. The molecule has 128 valence electrons. The van der Waals surface area contributed by atoms with Crippen molar-refractivity contribution in [3.63, 3.8) is 0 Å². The Bertz CT molecular complexity index is 486. The van der Waals surface area contributed by atoms with E-state index in [9.17, 15) is 4.79 Å². The lowest BCUT2D eigenvalue weighted by atomic mass is 9.79. The average molecular weight is 319 g/mol. The van der Waals surface area contributed by atoms with E-state index < -0.39 is 0 Å². The lowest BCUT2D eigenvalue weighted by molar-refractivity contribution is 0.00907. The minimum atomic E-state index is -0.0906. The number of carbonyl (C=O) groups is 1. The van der Waals surface area contributed by atoms with Gasteiger partial charge in [-0.1, -0.05) is 26.2 Å². The fourth-order valence-electron chi connectivity index (χ4n) is 4.09. The molecular weight excluding hydrogens is 290 g/mol. The lowest BCUT2D eigenvalue weighted by Gasteiger charge is -2.50. The van der Waals surface area contributed by atoms with Crippen LogP contribution < -0.4 is 5.32 Å². The van der Waals surface area contributed by atoms with E-state index >= 15 is 0 Å². The Morgan fingerprint density at radius 3 is 2.57 bits per heavy atom. The van der Waals surface area contributed by atoms with Gasteiger partial charge in [0.1, 0.15) is 0 Å². The van der Waals surface area contributed by atoms with E-state index in [0.717, 1.165) is 39.3 Å². The summed E-state index contributed by atoms with van der Waals surface area (Å²) in [5.41, 5.74) is 0.139. The summed E-state index contributed by atoms with van der Waals surface area (Å²) in [6, 6.07) is 3.48. The number of hydrogen-bond acceptors (Lipinski definition) is 4. The highest BCUT2D eigenvalue weighted by Crippen LogP contribution is 2.34. The van der Waals surface area contributed by atoms with Crippen molar-refractivity contribution >= 4 is 5.91 Å². The predicted octanol–water partition coefficient (Wildman–Crippen LogP) is 2.35. The number of furan rings is 1. The van der Waals surface area contributed by atoms with Crippen LogP contribution in [0.25, 0.3) is 0 Å². The fraction of sp³-hybridized carbons (Fsp3) is 0.722. The van der Waals surface area contributed by atoms with Crippen LogP contribution in [0.2, 0.25) is 0 Å². The highest BCUT2D eigenvalue weighted by Gasteiger charge is 2.39. The molecule has 1 saturated carbocycles. The lowest BCUT2D eigenvalue weighted by Crippen LogP contribution is -2.61. The number of carbonyl (C=O) groups excluding carboxylic acids is 1. The van der Waals surface area contributed by atoms with Gasteiger partial charge >= 0.3 is 0 Å². The average Bonchev–Trinajstić information content (AvgIpc) is 3.15. The van der Waals surface area contributed by atoms with Gasteiger partial charge in [0.25, 0.3) is 5.91 Å². The van der Waals surface area contributed by atoms with Crippen molar-refractivity contribution in [3.05, 3.63) is 24.2 Å². The quantitative estimate of drug-likeness (QED) is 0.905. The van der Waals surface area contributed by atoms with Gasteiger partial charge in [0.2, 0.25) is 0 Å². The summed E-state index contributed by atoms with van der Waals surface area (Å²) in [4.78, 5) is 17.4. The monoisotopic (exact) mass is 319 g/mol. The van der Waals surface area contributed by atoms with E-state index in [1.54, 1.807) is 18.4 Å². The van der Waals surface area contributed by atoms with Crippen LogP contribution in [-0.2, 0) is 0 Å². The van der Waals surface area contributed by atoms with E-state index in [2.05, 4.69) is 22.0 Å². The Kier molecular flexibility index (Phi) is 5.38. The summed E-state index contributed by atoms with van der Waals surface area (Å²) in [6.45, 7) is 8.62. The maximum absolute atomic E-state index is 12.2. The molecule has 1 N–H and O–H groups in total. The van der Waals surface area contributed by atoms with Gasteiger partial charge in [0.05, 0.1) is 6.26 Å². The second-order valence-corrected chi connectivity index (χ2v) is 6.87. The highest BCUT2D eigenvalue weighted by atomic mass is 16.3. The molecule has 0 atom stereocenters. The van der Waals surface area contributed by atoms with Gasteiger partial charge in [-0.15, -0.1) is 0 Å². The Balaban J connectivity index is 1.63. The third-order valence-electron chi connectivity index (χ3n) is 5.60. The van der Waals surface area contributed by atoms with E-state index in [4.69, 9.17) is 4.42 Å². The Morgan fingerprint density at radius 1 is 1.22 bits per heavy atom.